The van der Waals surface area contributed by atoms with E-state index in [-0.39, 0.29) is 11.7 Å². The molecule has 4 heteroatoms. The summed E-state index contributed by atoms with van der Waals surface area (Å²) in [5.41, 5.74) is -0.161. The van der Waals surface area contributed by atoms with Crippen LogP contribution in [0.2, 0.25) is 0 Å². The lowest BCUT2D eigenvalue weighted by Crippen LogP contribution is -2.43. The van der Waals surface area contributed by atoms with Crippen LogP contribution in [0, 0.1) is 0 Å². The predicted molar refractivity (Wildman–Crippen MR) is 64.5 cm³/mol. The molecule has 1 N–H and O–H groups in total. The standard InChI is InChI=1S/C13H22N2O2/c1-3-11-14-13(6-7-13)12(16)15(11)9-4-5-10(8-9)17-2/h9-11,14H,3-8H2,1-2H3. The number of methoxy groups -OCH3 is 1. The fourth-order valence-corrected chi connectivity index (χ4v) is 3.43. The van der Waals surface area contributed by atoms with E-state index < -0.39 is 0 Å². The fourth-order valence-electron chi connectivity index (χ4n) is 3.43. The molecule has 17 heavy (non-hydrogen) atoms. The van der Waals surface area contributed by atoms with E-state index >= 15 is 0 Å². The molecule has 1 amide bonds. The van der Waals surface area contributed by atoms with E-state index in [4.69, 9.17) is 4.74 Å². The predicted octanol–water partition coefficient (Wildman–Crippen LogP) is 1.25. The van der Waals surface area contributed by atoms with Gasteiger partial charge in [-0.25, -0.2) is 0 Å². The highest BCUT2D eigenvalue weighted by Crippen LogP contribution is 2.44. The van der Waals surface area contributed by atoms with Crippen LogP contribution in [0.3, 0.4) is 0 Å². The van der Waals surface area contributed by atoms with E-state index in [2.05, 4.69) is 17.1 Å². The first-order chi connectivity index (χ1) is 8.20. The number of hydrogen-bond acceptors (Lipinski definition) is 3. The van der Waals surface area contributed by atoms with Crippen LogP contribution in [0.1, 0.15) is 45.4 Å². The molecular weight excluding hydrogens is 216 g/mol. The van der Waals surface area contributed by atoms with E-state index in [1.165, 1.54) is 0 Å². The van der Waals surface area contributed by atoms with Crippen molar-refractivity contribution >= 4 is 5.91 Å². The van der Waals surface area contributed by atoms with E-state index in [0.717, 1.165) is 38.5 Å². The van der Waals surface area contributed by atoms with Crippen LogP contribution < -0.4 is 5.32 Å². The number of carbonyl (C=O) groups excluding carboxylic acids is 1. The second-order valence-electron chi connectivity index (χ2n) is 5.69. The van der Waals surface area contributed by atoms with Gasteiger partial charge in [0.1, 0.15) is 0 Å². The van der Waals surface area contributed by atoms with Crippen molar-refractivity contribution in [2.45, 2.75) is 69.3 Å². The quantitative estimate of drug-likeness (QED) is 0.804. The average molecular weight is 238 g/mol. The van der Waals surface area contributed by atoms with Crippen molar-refractivity contribution < 1.29 is 9.53 Å². The molecule has 0 aromatic heterocycles. The van der Waals surface area contributed by atoms with Gasteiger partial charge in [-0.15, -0.1) is 0 Å². The van der Waals surface area contributed by atoms with E-state index in [0.29, 0.717) is 18.1 Å². The average Bonchev–Trinajstić information content (AvgIpc) is 2.87. The molecule has 1 saturated heterocycles. The van der Waals surface area contributed by atoms with E-state index in [1.807, 2.05) is 0 Å². The minimum Gasteiger partial charge on any atom is -0.381 e. The molecule has 1 heterocycles. The van der Waals surface area contributed by atoms with Gasteiger partial charge in [0.05, 0.1) is 17.8 Å². The molecule has 0 radical (unpaired) electrons. The normalized spacial score (nSPS) is 39.3. The van der Waals surface area contributed by atoms with Gasteiger partial charge in [-0.1, -0.05) is 6.92 Å². The number of hydrogen-bond donors (Lipinski definition) is 1. The molecule has 0 aromatic rings. The highest BCUT2D eigenvalue weighted by Gasteiger charge is 2.60. The highest BCUT2D eigenvalue weighted by atomic mass is 16.5. The molecule has 3 fully saturated rings. The summed E-state index contributed by atoms with van der Waals surface area (Å²) in [6.45, 7) is 2.15. The number of carbonyl (C=O) groups is 1. The molecular formula is C13H22N2O2. The monoisotopic (exact) mass is 238 g/mol. The summed E-state index contributed by atoms with van der Waals surface area (Å²) in [5.74, 6) is 0.353. The van der Waals surface area contributed by atoms with Crippen molar-refractivity contribution in [1.82, 2.24) is 10.2 Å². The number of nitrogens with one attached hydrogen (secondary N) is 1. The first kappa shape index (κ1) is 11.5. The molecule has 3 aliphatic rings. The van der Waals surface area contributed by atoms with E-state index in [9.17, 15) is 4.79 Å². The van der Waals surface area contributed by atoms with Crippen molar-refractivity contribution in [3.8, 4) is 0 Å². The maximum atomic E-state index is 12.5. The Kier molecular flexibility index (Phi) is 2.67. The smallest absolute Gasteiger partial charge is 0.244 e. The van der Waals surface area contributed by atoms with Gasteiger partial charge >= 0.3 is 0 Å². The molecule has 1 aliphatic heterocycles. The minimum absolute atomic E-state index is 0.161. The Bertz CT molecular complexity index is 327. The summed E-state index contributed by atoms with van der Waals surface area (Å²) >= 11 is 0. The Morgan fingerprint density at radius 1 is 1.47 bits per heavy atom. The van der Waals surface area contributed by atoms with Gasteiger partial charge in [-0.05, 0) is 38.5 Å². The van der Waals surface area contributed by atoms with Crippen LogP contribution in [0.25, 0.3) is 0 Å². The summed E-state index contributed by atoms with van der Waals surface area (Å²) in [7, 11) is 1.77. The highest BCUT2D eigenvalue weighted by molar-refractivity contribution is 5.92. The number of amides is 1. The first-order valence-electron chi connectivity index (χ1n) is 6.83. The fraction of sp³-hybridized carbons (Fsp3) is 0.923. The molecule has 2 saturated carbocycles. The van der Waals surface area contributed by atoms with Gasteiger partial charge in [-0.3, -0.25) is 10.1 Å². The van der Waals surface area contributed by atoms with Crippen LogP contribution in [-0.4, -0.2) is 41.8 Å². The van der Waals surface area contributed by atoms with Gasteiger partial charge in [0, 0.05) is 13.2 Å². The van der Waals surface area contributed by atoms with E-state index in [1.54, 1.807) is 7.11 Å². The number of rotatable bonds is 3. The Hall–Kier alpha value is -0.610. The van der Waals surface area contributed by atoms with Gasteiger partial charge < -0.3 is 9.64 Å². The van der Waals surface area contributed by atoms with Crippen molar-refractivity contribution in [3.05, 3.63) is 0 Å². The molecule has 0 aromatic carbocycles. The zero-order chi connectivity index (χ0) is 12.0. The van der Waals surface area contributed by atoms with Crippen LogP contribution in [0.4, 0.5) is 0 Å². The largest absolute Gasteiger partial charge is 0.381 e. The molecule has 3 rings (SSSR count). The van der Waals surface area contributed by atoms with Crippen molar-refractivity contribution in [2.24, 2.45) is 0 Å². The van der Waals surface area contributed by atoms with Gasteiger partial charge in [-0.2, -0.15) is 0 Å². The molecule has 3 atom stereocenters. The van der Waals surface area contributed by atoms with Crippen LogP contribution in [0.5, 0.6) is 0 Å². The topological polar surface area (TPSA) is 41.6 Å². The molecule has 96 valence electrons. The van der Waals surface area contributed by atoms with Gasteiger partial charge in [0.15, 0.2) is 0 Å². The Morgan fingerprint density at radius 2 is 2.24 bits per heavy atom. The maximum Gasteiger partial charge on any atom is 0.244 e. The van der Waals surface area contributed by atoms with Crippen LogP contribution >= 0.6 is 0 Å². The van der Waals surface area contributed by atoms with Gasteiger partial charge in [0.2, 0.25) is 5.91 Å². The molecule has 2 aliphatic carbocycles. The number of ether oxygens (including phenoxy) is 1. The molecule has 4 nitrogen and oxygen atoms in total. The molecule has 3 unspecified atom stereocenters. The summed E-state index contributed by atoms with van der Waals surface area (Å²) in [6.07, 6.45) is 6.86. The second kappa shape index (κ2) is 3.95. The zero-order valence-corrected chi connectivity index (χ0v) is 10.7. The molecule has 0 bridgehead atoms. The summed E-state index contributed by atoms with van der Waals surface area (Å²) in [5, 5.41) is 3.54. The van der Waals surface area contributed by atoms with Crippen molar-refractivity contribution in [1.29, 1.82) is 0 Å². The number of nitrogens with zero attached hydrogens (tertiary/aromatic N) is 1. The second-order valence-corrected chi connectivity index (χ2v) is 5.69. The third-order valence-corrected chi connectivity index (χ3v) is 4.64. The maximum absolute atomic E-state index is 12.5. The Labute approximate surface area is 103 Å². The lowest BCUT2D eigenvalue weighted by molar-refractivity contribution is -0.133. The third-order valence-electron chi connectivity index (χ3n) is 4.64. The SMILES string of the molecule is CCC1NC2(CC2)C(=O)N1C1CCC(OC)C1. The third kappa shape index (κ3) is 1.69. The van der Waals surface area contributed by atoms with Crippen molar-refractivity contribution in [3.63, 3.8) is 0 Å². The van der Waals surface area contributed by atoms with Crippen LogP contribution in [0.15, 0.2) is 0 Å². The van der Waals surface area contributed by atoms with Gasteiger partial charge in [0.25, 0.3) is 0 Å². The summed E-state index contributed by atoms with van der Waals surface area (Å²) in [4.78, 5) is 14.6. The Morgan fingerprint density at radius 3 is 2.76 bits per heavy atom. The van der Waals surface area contributed by atoms with Crippen LogP contribution in [-0.2, 0) is 9.53 Å². The van der Waals surface area contributed by atoms with Crippen molar-refractivity contribution in [2.75, 3.05) is 7.11 Å². The Balaban J connectivity index is 1.75. The lowest BCUT2D eigenvalue weighted by atomic mass is 10.1. The summed E-state index contributed by atoms with van der Waals surface area (Å²) in [6, 6.07) is 0.393. The minimum atomic E-state index is -0.161. The lowest BCUT2D eigenvalue weighted by Gasteiger charge is -2.29. The zero-order valence-electron chi connectivity index (χ0n) is 10.7. The molecule has 1 spiro atoms. The summed E-state index contributed by atoms with van der Waals surface area (Å²) < 4.78 is 5.41. The first-order valence-corrected chi connectivity index (χ1v) is 6.83.